The Labute approximate surface area is 172 Å². The summed E-state index contributed by atoms with van der Waals surface area (Å²) in [5.74, 6) is -0.432. The number of carbonyl (C=O) groups is 2. The molecule has 0 aliphatic carbocycles. The van der Waals surface area contributed by atoms with Gasteiger partial charge in [0.25, 0.3) is 5.91 Å². The predicted molar refractivity (Wildman–Crippen MR) is 108 cm³/mol. The van der Waals surface area contributed by atoms with Crippen molar-refractivity contribution in [3.05, 3.63) is 88.9 Å². The van der Waals surface area contributed by atoms with E-state index in [0.29, 0.717) is 16.5 Å². The summed E-state index contributed by atoms with van der Waals surface area (Å²) in [5, 5.41) is 12.0. The van der Waals surface area contributed by atoms with Gasteiger partial charge in [0.15, 0.2) is 6.61 Å². The third-order valence-electron chi connectivity index (χ3n) is 3.79. The molecule has 3 aromatic rings. The minimum Gasteiger partial charge on any atom is -0.456 e. The lowest BCUT2D eigenvalue weighted by molar-refractivity contribution is -0.119. The fraction of sp³-hybridized carbons (Fsp3) is 0.0455. The largest absolute Gasteiger partial charge is 0.456 e. The first-order valence-corrected chi connectivity index (χ1v) is 8.93. The highest BCUT2D eigenvalue weighted by molar-refractivity contribution is 6.31. The second-order valence-corrected chi connectivity index (χ2v) is 6.27. The minimum absolute atomic E-state index is 0.185. The van der Waals surface area contributed by atoms with Gasteiger partial charge in [0.05, 0.1) is 11.3 Å². The Morgan fingerprint density at radius 3 is 2.48 bits per heavy atom. The smallest absolute Gasteiger partial charge is 0.342 e. The summed E-state index contributed by atoms with van der Waals surface area (Å²) in [4.78, 5) is 24.6. The van der Waals surface area contributed by atoms with Crippen LogP contribution in [-0.4, -0.2) is 18.5 Å². The molecule has 7 heteroatoms. The van der Waals surface area contributed by atoms with Gasteiger partial charge in [-0.3, -0.25) is 4.79 Å². The number of amides is 1. The molecule has 1 N–H and O–H groups in total. The van der Waals surface area contributed by atoms with Crippen LogP contribution in [0, 0.1) is 11.3 Å². The molecule has 29 heavy (non-hydrogen) atoms. The maximum Gasteiger partial charge on any atom is 0.342 e. The average molecular weight is 407 g/mol. The monoisotopic (exact) mass is 406 g/mol. The Bertz CT molecular complexity index is 1080. The van der Waals surface area contributed by atoms with E-state index in [9.17, 15) is 9.59 Å². The van der Waals surface area contributed by atoms with Crippen LogP contribution < -0.4 is 10.1 Å². The number of rotatable bonds is 6. The number of hydrogen-bond acceptors (Lipinski definition) is 5. The van der Waals surface area contributed by atoms with E-state index in [1.165, 1.54) is 12.1 Å². The summed E-state index contributed by atoms with van der Waals surface area (Å²) in [7, 11) is 0. The van der Waals surface area contributed by atoms with E-state index in [-0.39, 0.29) is 16.8 Å². The van der Waals surface area contributed by atoms with E-state index < -0.39 is 18.5 Å². The molecule has 0 unspecified atom stereocenters. The quantitative estimate of drug-likeness (QED) is 0.594. The molecule has 0 saturated carbocycles. The minimum atomic E-state index is -0.710. The van der Waals surface area contributed by atoms with E-state index in [1.807, 2.05) is 24.3 Å². The van der Waals surface area contributed by atoms with Crippen molar-refractivity contribution in [2.75, 3.05) is 11.9 Å². The molecule has 0 bridgehead atoms. The lowest BCUT2D eigenvalue weighted by atomic mass is 10.2. The third-order valence-corrected chi connectivity index (χ3v) is 4.02. The second kappa shape index (κ2) is 9.40. The standard InChI is InChI=1S/C22H15ClN2O4/c23-16-11-10-15(13-24)19(12-16)25-21(26)14-28-22(27)18-8-4-5-9-20(18)29-17-6-2-1-3-7-17/h1-12H,14H2,(H,25,26). The van der Waals surface area contributed by atoms with Crippen molar-refractivity contribution >= 4 is 29.2 Å². The molecule has 0 fully saturated rings. The van der Waals surface area contributed by atoms with Gasteiger partial charge in [-0.2, -0.15) is 5.26 Å². The number of nitrogens with zero attached hydrogens (tertiary/aromatic N) is 1. The van der Waals surface area contributed by atoms with Crippen LogP contribution in [0.5, 0.6) is 11.5 Å². The maximum absolute atomic E-state index is 12.4. The number of para-hydroxylation sites is 2. The van der Waals surface area contributed by atoms with Crippen LogP contribution in [0.15, 0.2) is 72.8 Å². The highest BCUT2D eigenvalue weighted by Crippen LogP contribution is 2.25. The topological polar surface area (TPSA) is 88.4 Å². The summed E-state index contributed by atoms with van der Waals surface area (Å²) < 4.78 is 10.8. The predicted octanol–water partition coefficient (Wildman–Crippen LogP) is 4.80. The van der Waals surface area contributed by atoms with Gasteiger partial charge in [0.2, 0.25) is 0 Å². The first-order chi connectivity index (χ1) is 14.1. The molecular weight excluding hydrogens is 392 g/mol. The Morgan fingerprint density at radius 2 is 1.72 bits per heavy atom. The van der Waals surface area contributed by atoms with Crippen LogP contribution in [0.4, 0.5) is 5.69 Å². The van der Waals surface area contributed by atoms with Gasteiger partial charge < -0.3 is 14.8 Å². The van der Waals surface area contributed by atoms with Crippen LogP contribution in [0.3, 0.4) is 0 Å². The molecule has 6 nitrogen and oxygen atoms in total. The van der Waals surface area contributed by atoms with Gasteiger partial charge in [-0.05, 0) is 42.5 Å². The first-order valence-electron chi connectivity index (χ1n) is 8.55. The molecule has 0 aromatic heterocycles. The molecule has 3 rings (SSSR count). The van der Waals surface area contributed by atoms with Crippen LogP contribution >= 0.6 is 11.6 Å². The van der Waals surface area contributed by atoms with Gasteiger partial charge >= 0.3 is 5.97 Å². The van der Waals surface area contributed by atoms with Gasteiger partial charge in [-0.15, -0.1) is 0 Å². The van der Waals surface area contributed by atoms with E-state index in [1.54, 1.807) is 42.5 Å². The summed E-state index contributed by atoms with van der Waals surface area (Å²) in [6.07, 6.45) is 0. The van der Waals surface area contributed by atoms with Crippen molar-refractivity contribution in [3.8, 4) is 17.6 Å². The number of nitrogens with one attached hydrogen (secondary N) is 1. The van der Waals surface area contributed by atoms with Gasteiger partial charge in [0, 0.05) is 5.02 Å². The van der Waals surface area contributed by atoms with Crippen LogP contribution in [0.1, 0.15) is 15.9 Å². The second-order valence-electron chi connectivity index (χ2n) is 5.84. The molecule has 0 aliphatic rings. The van der Waals surface area contributed by atoms with Crippen molar-refractivity contribution in [3.63, 3.8) is 0 Å². The first kappa shape index (κ1) is 19.9. The molecule has 3 aromatic carbocycles. The molecule has 0 spiro atoms. The molecule has 0 heterocycles. The van der Waals surface area contributed by atoms with E-state index in [2.05, 4.69) is 5.32 Å². The Balaban J connectivity index is 1.65. The van der Waals surface area contributed by atoms with E-state index in [0.717, 1.165) is 0 Å². The number of nitriles is 1. The molecule has 0 radical (unpaired) electrons. The number of esters is 1. The zero-order valence-corrected chi connectivity index (χ0v) is 15.8. The van der Waals surface area contributed by atoms with Crippen molar-refractivity contribution in [1.82, 2.24) is 0 Å². The van der Waals surface area contributed by atoms with E-state index >= 15 is 0 Å². The summed E-state index contributed by atoms with van der Waals surface area (Å²) >= 11 is 5.89. The number of carbonyl (C=O) groups excluding carboxylic acids is 2. The van der Waals surface area contributed by atoms with Crippen LogP contribution in [-0.2, 0) is 9.53 Å². The average Bonchev–Trinajstić information content (AvgIpc) is 2.73. The Hall–Kier alpha value is -3.82. The zero-order chi connectivity index (χ0) is 20.6. The van der Waals surface area contributed by atoms with E-state index in [4.69, 9.17) is 26.3 Å². The summed E-state index contributed by atoms with van der Waals surface area (Å²) in [6.45, 7) is -0.532. The van der Waals surface area contributed by atoms with Gasteiger partial charge in [0.1, 0.15) is 23.1 Å². The number of hydrogen-bond donors (Lipinski definition) is 1. The molecule has 0 aliphatic heterocycles. The molecule has 0 saturated heterocycles. The lowest BCUT2D eigenvalue weighted by Crippen LogP contribution is -2.21. The fourth-order valence-electron chi connectivity index (χ4n) is 2.45. The number of benzene rings is 3. The van der Waals surface area contributed by atoms with Crippen molar-refractivity contribution in [2.24, 2.45) is 0 Å². The fourth-order valence-corrected chi connectivity index (χ4v) is 2.62. The Kier molecular flexibility index (Phi) is 6.46. The zero-order valence-electron chi connectivity index (χ0n) is 15.1. The highest BCUT2D eigenvalue weighted by Gasteiger charge is 2.16. The maximum atomic E-state index is 12.4. The lowest BCUT2D eigenvalue weighted by Gasteiger charge is -2.11. The number of ether oxygens (including phenoxy) is 2. The highest BCUT2D eigenvalue weighted by atomic mass is 35.5. The van der Waals surface area contributed by atoms with Crippen LogP contribution in [0.2, 0.25) is 5.02 Å². The Morgan fingerprint density at radius 1 is 1.00 bits per heavy atom. The van der Waals surface area contributed by atoms with Crippen LogP contribution in [0.25, 0.3) is 0 Å². The normalized spacial score (nSPS) is 9.93. The molecule has 0 atom stereocenters. The summed E-state index contributed by atoms with van der Waals surface area (Å²) in [5.41, 5.74) is 0.675. The molecule has 1 amide bonds. The SMILES string of the molecule is N#Cc1ccc(Cl)cc1NC(=O)COC(=O)c1ccccc1Oc1ccccc1. The molecular formula is C22H15ClN2O4. The van der Waals surface area contributed by atoms with Gasteiger partial charge in [-0.1, -0.05) is 41.9 Å². The van der Waals surface area contributed by atoms with Crippen molar-refractivity contribution < 1.29 is 19.1 Å². The summed E-state index contributed by atoms with van der Waals surface area (Å²) in [6, 6.07) is 22.0. The number of anilines is 1. The van der Waals surface area contributed by atoms with Crippen molar-refractivity contribution in [2.45, 2.75) is 0 Å². The third kappa shape index (κ3) is 5.34. The van der Waals surface area contributed by atoms with Crippen molar-refractivity contribution in [1.29, 1.82) is 5.26 Å². The van der Waals surface area contributed by atoms with Gasteiger partial charge in [-0.25, -0.2) is 4.79 Å². The number of halogens is 1. The molecule has 144 valence electrons.